The Balaban J connectivity index is 2.38. The highest BCUT2D eigenvalue weighted by Gasteiger charge is 2.00. The predicted octanol–water partition coefficient (Wildman–Crippen LogP) is 0.750. The van der Waals surface area contributed by atoms with Gasteiger partial charge in [-0.15, -0.1) is 17.8 Å². The molecule has 4 nitrogen and oxygen atoms in total. The van der Waals surface area contributed by atoms with Crippen LogP contribution in [0.2, 0.25) is 0 Å². The van der Waals surface area contributed by atoms with E-state index < -0.39 is 0 Å². The maximum absolute atomic E-state index is 5.14. The van der Waals surface area contributed by atoms with Gasteiger partial charge in [0.25, 0.3) is 0 Å². The first kappa shape index (κ1) is 11.5. The molecule has 0 saturated heterocycles. The van der Waals surface area contributed by atoms with Gasteiger partial charge in [-0.3, -0.25) is 4.99 Å². The number of nitrogens with zero attached hydrogens (tertiary/aromatic N) is 2. The van der Waals surface area contributed by atoms with E-state index in [1.54, 1.807) is 18.4 Å². The lowest BCUT2D eigenvalue weighted by Gasteiger charge is -2.07. The molecule has 1 aromatic rings. The minimum Gasteiger partial charge on any atom is -0.350 e. The van der Waals surface area contributed by atoms with Crippen molar-refractivity contribution in [1.82, 2.24) is 15.6 Å². The molecule has 0 bridgehead atoms. The molecule has 0 aliphatic heterocycles. The van der Waals surface area contributed by atoms with Crippen molar-refractivity contribution in [1.29, 1.82) is 0 Å². The van der Waals surface area contributed by atoms with Crippen molar-refractivity contribution in [2.75, 3.05) is 13.6 Å². The van der Waals surface area contributed by atoms with Crippen LogP contribution in [0.15, 0.2) is 11.2 Å². The van der Waals surface area contributed by atoms with Gasteiger partial charge in [-0.25, -0.2) is 4.98 Å². The highest BCUT2D eigenvalue weighted by atomic mass is 32.1. The van der Waals surface area contributed by atoms with Crippen LogP contribution in [0.5, 0.6) is 0 Å². The van der Waals surface area contributed by atoms with Crippen LogP contribution in [0.4, 0.5) is 0 Å². The molecule has 1 heterocycles. The first-order valence-corrected chi connectivity index (χ1v) is 5.37. The van der Waals surface area contributed by atoms with Gasteiger partial charge in [-0.05, 0) is 6.92 Å². The SMILES string of the molecule is C#CCNC(=NC)NCc1ncc(C)s1. The van der Waals surface area contributed by atoms with Crippen LogP contribution in [0.1, 0.15) is 9.88 Å². The molecule has 80 valence electrons. The van der Waals surface area contributed by atoms with Crippen molar-refractivity contribution >= 4 is 17.3 Å². The van der Waals surface area contributed by atoms with E-state index in [9.17, 15) is 0 Å². The number of aliphatic imine (C=N–C) groups is 1. The standard InChI is InChI=1S/C10H14N4S/c1-4-5-12-10(11-3)14-7-9-13-6-8(2)15-9/h1,6H,5,7H2,2-3H3,(H2,11,12,14). The quantitative estimate of drug-likeness (QED) is 0.451. The fourth-order valence-corrected chi connectivity index (χ4v) is 1.72. The van der Waals surface area contributed by atoms with Gasteiger partial charge in [0.05, 0.1) is 13.1 Å². The Bertz CT molecular complexity index is 375. The average molecular weight is 222 g/mol. The molecular weight excluding hydrogens is 208 g/mol. The monoisotopic (exact) mass is 222 g/mol. The lowest BCUT2D eigenvalue weighted by molar-refractivity contribution is 0.844. The number of aromatic nitrogens is 1. The van der Waals surface area contributed by atoms with Crippen LogP contribution in [0.25, 0.3) is 0 Å². The average Bonchev–Trinajstić information content (AvgIpc) is 2.65. The molecule has 5 heteroatoms. The van der Waals surface area contributed by atoms with Crippen molar-refractivity contribution in [3.05, 3.63) is 16.1 Å². The lowest BCUT2D eigenvalue weighted by atomic mass is 10.6. The Morgan fingerprint density at radius 3 is 3.00 bits per heavy atom. The molecule has 2 N–H and O–H groups in total. The topological polar surface area (TPSA) is 49.3 Å². The van der Waals surface area contributed by atoms with Crippen LogP contribution in [0.3, 0.4) is 0 Å². The third kappa shape index (κ3) is 4.00. The summed E-state index contributed by atoms with van der Waals surface area (Å²) in [7, 11) is 1.71. The summed E-state index contributed by atoms with van der Waals surface area (Å²) in [4.78, 5) is 9.47. The molecular formula is C10H14N4S. The first-order valence-electron chi connectivity index (χ1n) is 4.55. The number of hydrogen-bond donors (Lipinski definition) is 2. The fraction of sp³-hybridized carbons (Fsp3) is 0.400. The zero-order valence-electron chi connectivity index (χ0n) is 8.87. The molecule has 0 radical (unpaired) electrons. The van der Waals surface area contributed by atoms with Gasteiger partial charge < -0.3 is 10.6 Å². The third-order valence-corrected chi connectivity index (χ3v) is 2.57. The second kappa shape index (κ2) is 6.04. The molecule has 1 aromatic heterocycles. The maximum Gasteiger partial charge on any atom is 0.192 e. The summed E-state index contributed by atoms with van der Waals surface area (Å²) in [6, 6.07) is 0. The van der Waals surface area contributed by atoms with Crippen molar-refractivity contribution in [2.24, 2.45) is 4.99 Å². The molecule has 0 aromatic carbocycles. The largest absolute Gasteiger partial charge is 0.350 e. The van der Waals surface area contributed by atoms with Gasteiger partial charge in [0, 0.05) is 18.1 Å². The van der Waals surface area contributed by atoms with Gasteiger partial charge in [0.15, 0.2) is 5.96 Å². The predicted molar refractivity (Wildman–Crippen MR) is 63.9 cm³/mol. The molecule has 0 saturated carbocycles. The summed E-state index contributed by atoms with van der Waals surface area (Å²) in [5.74, 6) is 3.19. The summed E-state index contributed by atoms with van der Waals surface area (Å²) in [5, 5.41) is 7.14. The summed E-state index contributed by atoms with van der Waals surface area (Å²) in [6.07, 6.45) is 7.00. The summed E-state index contributed by atoms with van der Waals surface area (Å²) >= 11 is 1.67. The number of nitrogens with one attached hydrogen (secondary N) is 2. The van der Waals surface area contributed by atoms with Crippen LogP contribution >= 0.6 is 11.3 Å². The zero-order chi connectivity index (χ0) is 11.1. The van der Waals surface area contributed by atoms with E-state index in [2.05, 4.69) is 26.5 Å². The smallest absolute Gasteiger partial charge is 0.192 e. The van der Waals surface area contributed by atoms with E-state index >= 15 is 0 Å². The Kier molecular flexibility index (Phi) is 4.64. The Hall–Kier alpha value is -1.54. The maximum atomic E-state index is 5.14. The Morgan fingerprint density at radius 2 is 2.47 bits per heavy atom. The van der Waals surface area contributed by atoms with Crippen LogP contribution in [-0.4, -0.2) is 24.5 Å². The third-order valence-electron chi connectivity index (χ3n) is 1.66. The van der Waals surface area contributed by atoms with Gasteiger partial charge in [0.2, 0.25) is 0 Å². The normalized spacial score (nSPS) is 10.9. The van der Waals surface area contributed by atoms with Gasteiger partial charge >= 0.3 is 0 Å². The fourth-order valence-electron chi connectivity index (χ4n) is 0.998. The summed E-state index contributed by atoms with van der Waals surface area (Å²) < 4.78 is 0. The van der Waals surface area contributed by atoms with E-state index in [0.717, 1.165) is 5.01 Å². The second-order valence-electron chi connectivity index (χ2n) is 2.85. The number of rotatable bonds is 3. The zero-order valence-corrected chi connectivity index (χ0v) is 9.69. The number of hydrogen-bond acceptors (Lipinski definition) is 3. The molecule has 0 atom stereocenters. The van der Waals surface area contributed by atoms with Gasteiger partial charge in [-0.2, -0.15) is 0 Å². The van der Waals surface area contributed by atoms with E-state index in [1.165, 1.54) is 4.88 Å². The molecule has 0 aliphatic rings. The van der Waals surface area contributed by atoms with Crippen LogP contribution in [0, 0.1) is 19.3 Å². The highest BCUT2D eigenvalue weighted by Crippen LogP contribution is 2.10. The van der Waals surface area contributed by atoms with E-state index in [0.29, 0.717) is 19.0 Å². The van der Waals surface area contributed by atoms with Crippen LogP contribution in [-0.2, 0) is 6.54 Å². The van der Waals surface area contributed by atoms with E-state index in [1.807, 2.05) is 13.1 Å². The minimum atomic E-state index is 0.469. The number of thiazole rings is 1. The second-order valence-corrected chi connectivity index (χ2v) is 4.17. The molecule has 0 spiro atoms. The van der Waals surface area contributed by atoms with Crippen LogP contribution < -0.4 is 10.6 Å². The van der Waals surface area contributed by atoms with Crippen molar-refractivity contribution in [3.63, 3.8) is 0 Å². The van der Waals surface area contributed by atoms with Crippen molar-refractivity contribution in [2.45, 2.75) is 13.5 Å². The molecule has 0 amide bonds. The van der Waals surface area contributed by atoms with E-state index in [-0.39, 0.29) is 0 Å². The molecule has 15 heavy (non-hydrogen) atoms. The summed E-state index contributed by atoms with van der Waals surface area (Å²) in [5.41, 5.74) is 0. The number of aryl methyl sites for hydroxylation is 1. The van der Waals surface area contributed by atoms with Gasteiger partial charge in [0.1, 0.15) is 5.01 Å². The van der Waals surface area contributed by atoms with E-state index in [4.69, 9.17) is 6.42 Å². The molecule has 0 fully saturated rings. The Morgan fingerprint density at radius 1 is 1.67 bits per heavy atom. The lowest BCUT2D eigenvalue weighted by Crippen LogP contribution is -2.36. The van der Waals surface area contributed by atoms with Crippen molar-refractivity contribution in [3.8, 4) is 12.3 Å². The highest BCUT2D eigenvalue weighted by molar-refractivity contribution is 7.11. The Labute approximate surface area is 93.8 Å². The first-order chi connectivity index (χ1) is 7.26. The molecule has 1 rings (SSSR count). The summed E-state index contributed by atoms with van der Waals surface area (Å²) in [6.45, 7) is 3.17. The van der Waals surface area contributed by atoms with Crippen molar-refractivity contribution < 1.29 is 0 Å². The number of guanidine groups is 1. The number of terminal acetylenes is 1. The minimum absolute atomic E-state index is 0.469. The van der Waals surface area contributed by atoms with Gasteiger partial charge in [-0.1, -0.05) is 5.92 Å². The molecule has 0 unspecified atom stereocenters. The molecule has 0 aliphatic carbocycles.